The Morgan fingerprint density at radius 2 is 2.12 bits per heavy atom. The molecule has 0 radical (unpaired) electrons. The standard InChI is InChI=1S/C16H18F2N4O2S/c17-15(18)24-12-7-4-3-6-11(12)19-14(23)10-25-16-21-20-13-8-2-1-5-9-22(13)16/h3-4,6-7,15H,1-2,5,8-10H2,(H,19,23). The van der Waals surface area contributed by atoms with Crippen LogP contribution in [0.4, 0.5) is 14.5 Å². The lowest BCUT2D eigenvalue weighted by Gasteiger charge is -2.11. The quantitative estimate of drug-likeness (QED) is 0.792. The van der Waals surface area contributed by atoms with Gasteiger partial charge in [0.05, 0.1) is 11.4 Å². The summed E-state index contributed by atoms with van der Waals surface area (Å²) < 4.78 is 31.3. The molecular weight excluding hydrogens is 350 g/mol. The van der Waals surface area contributed by atoms with E-state index in [1.54, 1.807) is 12.1 Å². The molecule has 1 N–H and O–H groups in total. The topological polar surface area (TPSA) is 69.0 Å². The number of anilines is 1. The van der Waals surface area contributed by atoms with E-state index in [1.165, 1.54) is 23.9 Å². The van der Waals surface area contributed by atoms with Crippen LogP contribution in [0.5, 0.6) is 5.75 Å². The third-order valence-corrected chi connectivity index (χ3v) is 4.75. The second-order valence-electron chi connectivity index (χ2n) is 5.57. The number of carbonyl (C=O) groups excluding carboxylic acids is 1. The highest BCUT2D eigenvalue weighted by atomic mass is 32.2. The number of amides is 1. The molecule has 0 unspecified atom stereocenters. The summed E-state index contributed by atoms with van der Waals surface area (Å²) in [7, 11) is 0. The zero-order chi connectivity index (χ0) is 17.6. The molecule has 0 bridgehead atoms. The second kappa shape index (κ2) is 8.28. The number of aryl methyl sites for hydroxylation is 1. The van der Waals surface area contributed by atoms with Gasteiger partial charge < -0.3 is 14.6 Å². The fourth-order valence-electron chi connectivity index (χ4n) is 2.65. The molecule has 2 aromatic rings. The number of ether oxygens (including phenoxy) is 1. The van der Waals surface area contributed by atoms with Gasteiger partial charge in [-0.2, -0.15) is 8.78 Å². The van der Waals surface area contributed by atoms with Crippen molar-refractivity contribution in [2.45, 2.75) is 44.0 Å². The molecule has 2 heterocycles. The first-order chi connectivity index (χ1) is 12.1. The zero-order valence-electron chi connectivity index (χ0n) is 13.5. The number of nitrogens with zero attached hydrogens (tertiary/aromatic N) is 3. The number of rotatable bonds is 6. The Labute approximate surface area is 148 Å². The lowest BCUT2D eigenvalue weighted by Crippen LogP contribution is -2.16. The van der Waals surface area contributed by atoms with Gasteiger partial charge in [-0.1, -0.05) is 30.3 Å². The Hall–Kier alpha value is -2.16. The number of para-hydroxylation sites is 2. The molecule has 3 rings (SSSR count). The number of thioether (sulfide) groups is 1. The van der Waals surface area contributed by atoms with Crippen LogP contribution in [0, 0.1) is 0 Å². The lowest BCUT2D eigenvalue weighted by molar-refractivity contribution is -0.113. The number of halogens is 2. The van der Waals surface area contributed by atoms with Crippen LogP contribution in [0.1, 0.15) is 25.1 Å². The number of hydrogen-bond donors (Lipinski definition) is 1. The number of nitrogens with one attached hydrogen (secondary N) is 1. The van der Waals surface area contributed by atoms with Crippen LogP contribution in [-0.2, 0) is 17.8 Å². The van der Waals surface area contributed by atoms with Gasteiger partial charge in [0.25, 0.3) is 0 Å². The van der Waals surface area contributed by atoms with Crippen molar-refractivity contribution in [3.8, 4) is 5.75 Å². The molecule has 0 spiro atoms. The minimum absolute atomic E-state index is 0.0628. The molecule has 0 fully saturated rings. The average molecular weight is 368 g/mol. The van der Waals surface area contributed by atoms with Crippen molar-refractivity contribution in [2.24, 2.45) is 0 Å². The molecule has 0 saturated carbocycles. The van der Waals surface area contributed by atoms with E-state index in [2.05, 4.69) is 24.8 Å². The number of hydrogen-bond acceptors (Lipinski definition) is 5. The Morgan fingerprint density at radius 1 is 1.28 bits per heavy atom. The molecule has 1 aromatic heterocycles. The molecule has 134 valence electrons. The monoisotopic (exact) mass is 368 g/mol. The van der Waals surface area contributed by atoms with Gasteiger partial charge in [-0.15, -0.1) is 10.2 Å². The van der Waals surface area contributed by atoms with E-state index in [-0.39, 0.29) is 23.1 Å². The summed E-state index contributed by atoms with van der Waals surface area (Å²) in [6, 6.07) is 6.10. The third-order valence-electron chi connectivity index (χ3n) is 3.79. The largest absolute Gasteiger partial charge is 0.433 e. The molecule has 1 aromatic carbocycles. The molecule has 25 heavy (non-hydrogen) atoms. The van der Waals surface area contributed by atoms with Crippen LogP contribution >= 0.6 is 11.8 Å². The van der Waals surface area contributed by atoms with Crippen LogP contribution in [-0.4, -0.2) is 33.0 Å². The summed E-state index contributed by atoms with van der Waals surface area (Å²) in [4.78, 5) is 12.1. The maximum atomic E-state index is 12.4. The smallest absolute Gasteiger partial charge is 0.387 e. The Morgan fingerprint density at radius 3 is 2.96 bits per heavy atom. The predicted molar refractivity (Wildman–Crippen MR) is 90.0 cm³/mol. The van der Waals surface area contributed by atoms with E-state index in [1.807, 2.05) is 0 Å². The maximum Gasteiger partial charge on any atom is 0.387 e. The first-order valence-electron chi connectivity index (χ1n) is 8.02. The van der Waals surface area contributed by atoms with E-state index < -0.39 is 6.61 Å². The summed E-state index contributed by atoms with van der Waals surface area (Å²) in [6.07, 6.45) is 4.24. The molecule has 0 aliphatic carbocycles. The van der Waals surface area contributed by atoms with E-state index in [9.17, 15) is 13.6 Å². The average Bonchev–Trinajstić information content (AvgIpc) is 2.81. The Bertz CT molecular complexity index is 739. The van der Waals surface area contributed by atoms with Crippen LogP contribution in [0.2, 0.25) is 0 Å². The minimum Gasteiger partial charge on any atom is -0.433 e. The van der Waals surface area contributed by atoms with Crippen molar-refractivity contribution in [1.29, 1.82) is 0 Å². The fraction of sp³-hybridized carbons (Fsp3) is 0.438. The highest BCUT2D eigenvalue weighted by Crippen LogP contribution is 2.26. The summed E-state index contributed by atoms with van der Waals surface area (Å²) in [5, 5.41) is 11.6. The van der Waals surface area contributed by atoms with Gasteiger partial charge in [-0.05, 0) is 25.0 Å². The first kappa shape index (κ1) is 17.7. The van der Waals surface area contributed by atoms with Crippen LogP contribution in [0.25, 0.3) is 0 Å². The van der Waals surface area contributed by atoms with E-state index in [0.717, 1.165) is 38.1 Å². The zero-order valence-corrected chi connectivity index (χ0v) is 14.3. The van der Waals surface area contributed by atoms with Crippen molar-refractivity contribution >= 4 is 23.4 Å². The van der Waals surface area contributed by atoms with Crippen molar-refractivity contribution < 1.29 is 18.3 Å². The lowest BCUT2D eigenvalue weighted by atomic mass is 10.2. The molecule has 6 nitrogen and oxygen atoms in total. The normalized spacial score (nSPS) is 14.0. The highest BCUT2D eigenvalue weighted by molar-refractivity contribution is 7.99. The predicted octanol–water partition coefficient (Wildman–Crippen LogP) is 3.34. The van der Waals surface area contributed by atoms with Crippen LogP contribution in [0.3, 0.4) is 0 Å². The summed E-state index contributed by atoms with van der Waals surface area (Å²) >= 11 is 1.29. The van der Waals surface area contributed by atoms with Gasteiger partial charge in [-0.25, -0.2) is 0 Å². The Kier molecular flexibility index (Phi) is 5.85. The summed E-state index contributed by atoms with van der Waals surface area (Å²) in [6.45, 7) is -2.09. The molecule has 1 aliphatic rings. The number of benzene rings is 1. The fourth-order valence-corrected chi connectivity index (χ4v) is 3.43. The van der Waals surface area contributed by atoms with Crippen molar-refractivity contribution in [3.05, 3.63) is 30.1 Å². The van der Waals surface area contributed by atoms with Gasteiger partial charge in [0, 0.05) is 13.0 Å². The maximum absolute atomic E-state index is 12.4. The van der Waals surface area contributed by atoms with E-state index in [0.29, 0.717) is 5.16 Å². The third kappa shape index (κ3) is 4.68. The van der Waals surface area contributed by atoms with Gasteiger partial charge >= 0.3 is 6.61 Å². The number of carbonyl (C=O) groups is 1. The summed E-state index contributed by atoms with van der Waals surface area (Å²) in [5.74, 6) is 0.686. The van der Waals surface area contributed by atoms with Gasteiger partial charge in [0.2, 0.25) is 5.91 Å². The van der Waals surface area contributed by atoms with Crippen molar-refractivity contribution in [3.63, 3.8) is 0 Å². The molecule has 0 saturated heterocycles. The second-order valence-corrected chi connectivity index (χ2v) is 6.52. The van der Waals surface area contributed by atoms with Gasteiger partial charge in [0.15, 0.2) is 5.16 Å². The molecule has 0 atom stereocenters. The van der Waals surface area contributed by atoms with E-state index >= 15 is 0 Å². The van der Waals surface area contributed by atoms with Crippen LogP contribution in [0.15, 0.2) is 29.4 Å². The summed E-state index contributed by atoms with van der Waals surface area (Å²) in [5.41, 5.74) is 0.216. The number of fused-ring (bicyclic) bond motifs is 1. The van der Waals surface area contributed by atoms with E-state index in [4.69, 9.17) is 0 Å². The van der Waals surface area contributed by atoms with Crippen molar-refractivity contribution in [1.82, 2.24) is 14.8 Å². The first-order valence-corrected chi connectivity index (χ1v) is 9.00. The Balaban J connectivity index is 1.60. The minimum atomic E-state index is -2.95. The highest BCUT2D eigenvalue weighted by Gasteiger charge is 2.17. The van der Waals surface area contributed by atoms with Crippen LogP contribution < -0.4 is 10.1 Å². The SMILES string of the molecule is O=C(CSc1nnc2n1CCCCC2)Nc1ccccc1OC(F)F. The molecule has 9 heteroatoms. The number of aromatic nitrogens is 3. The van der Waals surface area contributed by atoms with Crippen molar-refractivity contribution in [2.75, 3.05) is 11.1 Å². The molecule has 1 amide bonds. The molecular formula is C16H18F2N4O2S. The molecule has 1 aliphatic heterocycles. The van der Waals surface area contributed by atoms with Gasteiger partial charge in [-0.3, -0.25) is 4.79 Å². The van der Waals surface area contributed by atoms with Gasteiger partial charge in [0.1, 0.15) is 11.6 Å². The number of alkyl halides is 2.